The Morgan fingerprint density at radius 2 is 0.742 bits per heavy atom. The number of hydrogen-bond donors (Lipinski definition) is 0. The number of carbonyl (C=O) groups excluding carboxylic acids is 2. The second-order valence-corrected chi connectivity index (χ2v) is 45.8. The van der Waals surface area contributed by atoms with Crippen LogP contribution in [0.2, 0.25) is 0 Å². The van der Waals surface area contributed by atoms with Gasteiger partial charge in [0.05, 0.1) is 102 Å². The second-order valence-electron chi connectivity index (χ2n) is 39.5. The highest BCUT2D eigenvalue weighted by atomic mass is 32.1. The zero-order valence-corrected chi connectivity index (χ0v) is 85.3. The Kier molecular flexibility index (Phi) is 35.5. The summed E-state index contributed by atoms with van der Waals surface area (Å²) < 4.78 is 30.5. The lowest BCUT2D eigenvalue weighted by atomic mass is 9.78. The molecule has 0 radical (unpaired) electrons. The van der Waals surface area contributed by atoms with E-state index in [1.165, 1.54) is 103 Å². The SMILES string of the molecule is [C-]#[N+]/C(C#N)=C1\C(=C\c2cc(OCC(CC)CCCC)c(-c3cc4c(s3)-c3sc(-c5cc6c(s5)-c5sc(-c7sc(/C=C8\C(=O)c9cc([N+]#[C-])c([N+]#[C-])cc9\C8=C(\C#N)[N+]#[C-])cc7OCC(CC)CCCC)cc5OC6(CCC(C)CCCC(C)C)CCC(C)CCCC(C)C)cc3C(CCC(C)CCCC(C)C)(CCC(C)CCCC(C)C)O4)s2)C(=O)c2cc(C#N)c(C#N)cc21. The van der Waals surface area contributed by atoms with Gasteiger partial charge in [-0.15, -0.1) is 68.0 Å². The largest absolute Gasteiger partial charge is 0.492 e. The highest BCUT2D eigenvalue weighted by Gasteiger charge is 2.48. The molecular formula is C112H130N8O6S6. The van der Waals surface area contributed by atoms with Crippen molar-refractivity contribution >= 4 is 114 Å². The molecule has 0 N–H and O–H groups in total. The fourth-order valence-electron chi connectivity index (χ4n) is 19.2. The van der Waals surface area contributed by atoms with E-state index >= 15 is 0 Å². The third-order valence-corrected chi connectivity index (χ3v) is 34.9. The minimum absolute atomic E-state index is 0.0306. The molecule has 20 heteroatoms. The molecule has 6 aromatic heterocycles. The number of allylic oxidation sites excluding steroid dienone is 6. The molecule has 0 saturated heterocycles. The molecule has 8 aromatic rings. The van der Waals surface area contributed by atoms with Crippen LogP contribution < -0.4 is 18.9 Å². The third-order valence-electron chi connectivity index (χ3n) is 27.4. The van der Waals surface area contributed by atoms with Crippen molar-refractivity contribution < 1.29 is 28.5 Å². The number of unbranched alkanes of at least 4 members (excludes halogenated alkanes) is 2. The fourth-order valence-corrected chi connectivity index (χ4v) is 26.5. The normalized spacial score (nSPS) is 18.0. The van der Waals surface area contributed by atoms with Gasteiger partial charge in [-0.25, -0.2) is 20.2 Å². The molecule has 4 aliphatic rings. The molecule has 0 bridgehead atoms. The molecule has 12 rings (SSSR count). The van der Waals surface area contributed by atoms with Crippen LogP contribution in [0.15, 0.2) is 83.2 Å². The molecule has 2 aliphatic carbocycles. The van der Waals surface area contributed by atoms with Gasteiger partial charge in [0.2, 0.25) is 0 Å². The Morgan fingerprint density at radius 1 is 0.402 bits per heavy atom. The minimum Gasteiger partial charge on any atom is -0.492 e. The number of nitriles is 4. The van der Waals surface area contributed by atoms with E-state index in [4.69, 9.17) is 45.2 Å². The van der Waals surface area contributed by atoms with Crippen LogP contribution in [0.5, 0.6) is 23.0 Å². The number of hydrogen-bond acceptors (Lipinski definition) is 16. The van der Waals surface area contributed by atoms with Gasteiger partial charge in [0.25, 0.3) is 11.4 Å². The van der Waals surface area contributed by atoms with Crippen molar-refractivity contribution in [3.63, 3.8) is 0 Å². The topological polar surface area (TPSA) is 184 Å². The summed E-state index contributed by atoms with van der Waals surface area (Å²) in [6.07, 6.45) is 32.7. The number of fused-ring (bicyclic) bond motifs is 8. The van der Waals surface area contributed by atoms with Gasteiger partial charge in [-0.3, -0.25) is 19.3 Å². The number of nitrogens with zero attached hydrogens (tertiary/aromatic N) is 8. The maximum absolute atomic E-state index is 14.9. The van der Waals surface area contributed by atoms with Crippen molar-refractivity contribution in [3.05, 3.63) is 183 Å². The van der Waals surface area contributed by atoms with Crippen LogP contribution in [-0.2, 0) is 11.2 Å². The average Bonchev–Trinajstić information content (AvgIpc) is 1.55. The summed E-state index contributed by atoms with van der Waals surface area (Å²) in [5, 5.41) is 41.6. The summed E-state index contributed by atoms with van der Waals surface area (Å²) in [4.78, 5) is 56.3. The lowest BCUT2D eigenvalue weighted by Gasteiger charge is -2.39. The van der Waals surface area contributed by atoms with Crippen LogP contribution in [0.4, 0.5) is 11.4 Å². The first-order valence-corrected chi connectivity index (χ1v) is 53.4. The Balaban J connectivity index is 1.08. The molecule has 132 heavy (non-hydrogen) atoms. The van der Waals surface area contributed by atoms with Crippen molar-refractivity contribution in [1.82, 2.24) is 0 Å². The number of ether oxygens (including phenoxy) is 4. The van der Waals surface area contributed by atoms with Crippen molar-refractivity contribution in [2.45, 2.75) is 302 Å². The summed E-state index contributed by atoms with van der Waals surface area (Å²) in [5.74, 6) is 6.93. The first-order chi connectivity index (χ1) is 63.5. The summed E-state index contributed by atoms with van der Waals surface area (Å²) in [7, 11) is 0. The predicted molar refractivity (Wildman–Crippen MR) is 549 cm³/mol. The van der Waals surface area contributed by atoms with Crippen LogP contribution in [0.25, 0.3) is 91.4 Å². The lowest BCUT2D eigenvalue weighted by molar-refractivity contribution is 0.0322. The van der Waals surface area contributed by atoms with E-state index < -0.39 is 22.8 Å². The Labute approximate surface area is 810 Å². The molecule has 0 amide bonds. The number of benzene rings is 2. The van der Waals surface area contributed by atoms with Crippen LogP contribution in [0, 0.1) is 131 Å². The van der Waals surface area contributed by atoms with E-state index in [9.17, 15) is 30.6 Å². The van der Waals surface area contributed by atoms with E-state index in [1.807, 2.05) is 34.8 Å². The van der Waals surface area contributed by atoms with Gasteiger partial charge in [0.15, 0.2) is 22.9 Å². The predicted octanol–water partition coefficient (Wildman–Crippen LogP) is 35.4. The third kappa shape index (κ3) is 23.3. The molecule has 2 aliphatic heterocycles. The first-order valence-electron chi connectivity index (χ1n) is 48.5. The summed E-state index contributed by atoms with van der Waals surface area (Å²) in [6, 6.07) is 27.6. The van der Waals surface area contributed by atoms with Gasteiger partial charge in [-0.05, 0) is 183 Å². The maximum atomic E-state index is 14.9. The van der Waals surface area contributed by atoms with Crippen LogP contribution >= 0.6 is 68.0 Å². The smallest absolute Gasteiger partial charge is 0.270 e. The Morgan fingerprint density at radius 3 is 1.07 bits per heavy atom. The standard InChI is InChI=1S/C112H130N8O6S6/c1-21-25-39-75(23-3)65-123-93-53-79(51-85-101(91(63-115)119-19)81-49-77(61-113)78(62-114)50-83(81)103(85)121)127-107(93)99-59-95-109(131-99)105-87(111(125-95,45-41-71(13)35-27-31-67(5)6)46-42-72(14)36-28-32-68(7)8)57-97(129-105)98-58-88-106(130-98)110-96(126-112(88,47-43-73(15)37-29-33-69(9)10)48-44-74(16)38-30-34-70(11)12)60-100(132-110)108-94(124-66-76(24-4)40-26-22-2)54-80(128-108)52-86-102(92(64-116)120-20)82-55-89(117-17)90(118-18)56-84(82)104(86)122/h49-60,67-76H,21-48,65-66H2,1-16H3/b85-51-,86-52-,101-91-,102-92+. The number of rotatable bonds is 47. The summed E-state index contributed by atoms with van der Waals surface area (Å²) in [5.41, 5.74) is 2.13. The van der Waals surface area contributed by atoms with Gasteiger partial charge in [-0.2, -0.15) is 10.5 Å². The van der Waals surface area contributed by atoms with Gasteiger partial charge < -0.3 is 18.9 Å². The molecule has 8 heterocycles. The van der Waals surface area contributed by atoms with E-state index in [2.05, 4.69) is 179 Å². The molecule has 6 atom stereocenters. The fraction of sp³-hybridized carbons (Fsp3) is 0.518. The van der Waals surface area contributed by atoms with Crippen LogP contribution in [-0.4, -0.2) is 24.8 Å². The second kappa shape index (κ2) is 46.3. The molecule has 2 aromatic carbocycles. The van der Waals surface area contributed by atoms with Gasteiger partial charge in [-0.1, -0.05) is 238 Å². The van der Waals surface area contributed by atoms with Crippen molar-refractivity contribution in [2.75, 3.05) is 13.2 Å². The Hall–Kier alpha value is -9.94. The Bertz CT molecular complexity index is 5570. The summed E-state index contributed by atoms with van der Waals surface area (Å²) in [6.45, 7) is 70.5. The molecule has 6 unspecified atom stereocenters. The first kappa shape index (κ1) is 101. The van der Waals surface area contributed by atoms with Crippen LogP contribution in [0.1, 0.15) is 354 Å². The summed E-state index contributed by atoms with van der Waals surface area (Å²) >= 11 is 10.2. The van der Waals surface area contributed by atoms with Crippen molar-refractivity contribution in [2.24, 2.45) is 59.2 Å². The maximum Gasteiger partial charge on any atom is 0.270 e. The number of carbonyl (C=O) groups is 2. The zero-order valence-electron chi connectivity index (χ0n) is 80.4. The lowest BCUT2D eigenvalue weighted by Crippen LogP contribution is -2.36. The van der Waals surface area contributed by atoms with E-state index in [0.29, 0.717) is 87.4 Å². The molecule has 0 fully saturated rings. The quantitative estimate of drug-likeness (QED) is 0.0202. The van der Waals surface area contributed by atoms with Gasteiger partial charge in [0.1, 0.15) is 46.3 Å². The minimum atomic E-state index is -0.712. The highest BCUT2D eigenvalue weighted by molar-refractivity contribution is 7.31. The number of Topliss-reactive ketones (excluding diaryl/α,β-unsaturated/α-hetero) is 2. The molecule has 0 spiro atoms. The monoisotopic (exact) mass is 1870 g/mol. The van der Waals surface area contributed by atoms with E-state index in [0.717, 1.165) is 195 Å². The van der Waals surface area contributed by atoms with Crippen molar-refractivity contribution in [1.29, 1.82) is 21.0 Å². The zero-order chi connectivity index (χ0) is 94.8. The van der Waals surface area contributed by atoms with Gasteiger partial charge in [0, 0.05) is 76.2 Å². The van der Waals surface area contributed by atoms with Gasteiger partial charge >= 0.3 is 0 Å². The molecule has 690 valence electrons. The van der Waals surface area contributed by atoms with Crippen LogP contribution in [0.3, 0.4) is 0 Å². The molecule has 14 nitrogen and oxygen atoms in total. The van der Waals surface area contributed by atoms with E-state index in [1.54, 1.807) is 34.8 Å². The van der Waals surface area contributed by atoms with Crippen molar-refractivity contribution in [3.8, 4) is 96.0 Å². The molecule has 0 saturated carbocycles. The highest BCUT2D eigenvalue weighted by Crippen LogP contribution is 2.64. The number of ketones is 2. The average molecular weight is 1880 g/mol. The molecular weight excluding hydrogens is 1750 g/mol. The van der Waals surface area contributed by atoms with E-state index in [-0.39, 0.29) is 84.7 Å². The number of thiophene rings is 6.